The standard InChI is InChI=1S/C20H23ClFNO4/c1-4-15(22)7-9-17(13(3)21)27-16(5-2)20(24)23-11-14-6-8-18-19(10-14)26-12-25-18/h4,6-10,16H,5,11-12H2,1-3H3,(H,23,24). The number of hydrogen-bond acceptors (Lipinski definition) is 4. The highest BCUT2D eigenvalue weighted by atomic mass is 35.5. The predicted molar refractivity (Wildman–Crippen MR) is 102 cm³/mol. The summed E-state index contributed by atoms with van der Waals surface area (Å²) in [5, 5.41) is 3.16. The molecule has 1 unspecified atom stereocenters. The highest BCUT2D eigenvalue weighted by Gasteiger charge is 2.20. The summed E-state index contributed by atoms with van der Waals surface area (Å²) in [4.78, 5) is 12.5. The van der Waals surface area contributed by atoms with Gasteiger partial charge < -0.3 is 19.5 Å². The second-order valence-electron chi connectivity index (χ2n) is 5.82. The number of carbonyl (C=O) groups is 1. The zero-order chi connectivity index (χ0) is 19.8. The molecule has 146 valence electrons. The molecule has 0 saturated heterocycles. The van der Waals surface area contributed by atoms with Gasteiger partial charge in [0.2, 0.25) is 6.79 Å². The van der Waals surface area contributed by atoms with E-state index in [2.05, 4.69) is 5.32 Å². The van der Waals surface area contributed by atoms with Gasteiger partial charge in [-0.15, -0.1) is 0 Å². The normalized spacial score (nSPS) is 15.5. The lowest BCUT2D eigenvalue weighted by Gasteiger charge is -2.18. The molecule has 0 aromatic heterocycles. The van der Waals surface area contributed by atoms with Gasteiger partial charge in [-0.2, -0.15) is 0 Å². The number of rotatable bonds is 8. The minimum absolute atomic E-state index is 0.200. The lowest BCUT2D eigenvalue weighted by atomic mass is 10.2. The van der Waals surface area contributed by atoms with Gasteiger partial charge in [-0.25, -0.2) is 4.39 Å². The molecule has 0 fully saturated rings. The summed E-state index contributed by atoms with van der Waals surface area (Å²) in [5.41, 5.74) is 0.877. The Morgan fingerprint density at radius 1 is 1.37 bits per heavy atom. The van der Waals surface area contributed by atoms with Gasteiger partial charge in [-0.1, -0.05) is 30.7 Å². The van der Waals surface area contributed by atoms with Gasteiger partial charge >= 0.3 is 0 Å². The van der Waals surface area contributed by atoms with E-state index in [1.807, 2.05) is 19.1 Å². The van der Waals surface area contributed by atoms with Crippen LogP contribution in [0.2, 0.25) is 0 Å². The fourth-order valence-electron chi connectivity index (χ4n) is 2.32. The Labute approximate surface area is 163 Å². The molecule has 1 aliphatic heterocycles. The van der Waals surface area contributed by atoms with Gasteiger partial charge in [-0.3, -0.25) is 4.79 Å². The maximum atomic E-state index is 13.3. The van der Waals surface area contributed by atoms with Gasteiger partial charge in [0.1, 0.15) is 11.6 Å². The number of nitrogens with one attached hydrogen (secondary N) is 1. The van der Waals surface area contributed by atoms with Gasteiger partial charge in [0.05, 0.1) is 5.03 Å². The van der Waals surface area contributed by atoms with E-state index >= 15 is 0 Å². The molecule has 1 atom stereocenters. The van der Waals surface area contributed by atoms with Crippen molar-refractivity contribution in [2.45, 2.75) is 39.8 Å². The fourth-order valence-corrected chi connectivity index (χ4v) is 2.42. The summed E-state index contributed by atoms with van der Waals surface area (Å²) in [5.74, 6) is 0.884. The van der Waals surface area contributed by atoms with Crippen molar-refractivity contribution in [3.05, 3.63) is 58.6 Å². The quantitative estimate of drug-likeness (QED) is 0.511. The van der Waals surface area contributed by atoms with E-state index in [0.29, 0.717) is 29.5 Å². The first-order valence-corrected chi connectivity index (χ1v) is 9.01. The summed E-state index contributed by atoms with van der Waals surface area (Å²) < 4.78 is 29.6. The predicted octanol–water partition coefficient (Wildman–Crippen LogP) is 4.73. The highest BCUT2D eigenvalue weighted by Crippen LogP contribution is 2.32. The molecule has 1 aromatic rings. The van der Waals surface area contributed by atoms with Crippen molar-refractivity contribution < 1.29 is 23.4 Å². The molecule has 1 N–H and O–H groups in total. The molecular formula is C20H23ClFNO4. The van der Waals surface area contributed by atoms with Crippen LogP contribution in [-0.2, 0) is 16.1 Å². The van der Waals surface area contributed by atoms with Crippen molar-refractivity contribution in [3.8, 4) is 11.5 Å². The first-order valence-electron chi connectivity index (χ1n) is 8.63. The number of allylic oxidation sites excluding steroid dienone is 5. The molecule has 0 aliphatic carbocycles. The molecule has 0 bridgehead atoms. The van der Waals surface area contributed by atoms with E-state index in [-0.39, 0.29) is 18.5 Å². The number of benzene rings is 1. The topological polar surface area (TPSA) is 56.8 Å². The first-order chi connectivity index (χ1) is 12.9. The van der Waals surface area contributed by atoms with Crippen molar-refractivity contribution in [3.63, 3.8) is 0 Å². The molecule has 2 rings (SSSR count). The molecule has 1 amide bonds. The molecule has 0 saturated carbocycles. The van der Waals surface area contributed by atoms with Crippen molar-refractivity contribution in [2.24, 2.45) is 0 Å². The summed E-state index contributed by atoms with van der Waals surface area (Å²) in [6.07, 6.45) is 3.64. The largest absolute Gasteiger partial charge is 0.479 e. The lowest BCUT2D eigenvalue weighted by molar-refractivity contribution is -0.130. The number of ether oxygens (including phenoxy) is 3. The van der Waals surface area contributed by atoms with Crippen LogP contribution in [0.15, 0.2) is 53.0 Å². The second kappa shape index (κ2) is 10.0. The Balaban J connectivity index is 1.98. The molecule has 27 heavy (non-hydrogen) atoms. The zero-order valence-corrected chi connectivity index (χ0v) is 16.3. The van der Waals surface area contributed by atoms with Crippen LogP contribution in [0.5, 0.6) is 11.5 Å². The van der Waals surface area contributed by atoms with Crippen LogP contribution in [0.25, 0.3) is 0 Å². The van der Waals surface area contributed by atoms with Crippen molar-refractivity contribution >= 4 is 17.5 Å². The monoisotopic (exact) mass is 395 g/mol. The minimum atomic E-state index is -0.749. The SMILES string of the molecule is CC=C(F)C=CC(OC(CC)C(=O)NCc1ccc2c(c1)OCO2)=C(C)Cl. The lowest BCUT2D eigenvalue weighted by Crippen LogP contribution is -2.35. The van der Waals surface area contributed by atoms with E-state index in [1.165, 1.54) is 18.2 Å². The number of hydrogen-bond donors (Lipinski definition) is 1. The van der Waals surface area contributed by atoms with Gasteiger partial charge in [-0.05, 0) is 50.1 Å². The zero-order valence-electron chi connectivity index (χ0n) is 15.6. The molecular weight excluding hydrogens is 373 g/mol. The van der Waals surface area contributed by atoms with E-state index in [4.69, 9.17) is 25.8 Å². The van der Waals surface area contributed by atoms with Crippen LogP contribution < -0.4 is 14.8 Å². The summed E-state index contributed by atoms with van der Waals surface area (Å²) >= 11 is 6.01. The average molecular weight is 396 g/mol. The number of fused-ring (bicyclic) bond motifs is 1. The number of carbonyl (C=O) groups excluding carboxylic acids is 1. The smallest absolute Gasteiger partial charge is 0.261 e. The molecule has 5 nitrogen and oxygen atoms in total. The van der Waals surface area contributed by atoms with Crippen molar-refractivity contribution in [1.29, 1.82) is 0 Å². The Bertz CT molecular complexity index is 769. The number of halogens is 2. The van der Waals surface area contributed by atoms with Crippen LogP contribution in [0.3, 0.4) is 0 Å². The molecule has 1 aromatic carbocycles. The van der Waals surface area contributed by atoms with E-state index in [1.54, 1.807) is 19.9 Å². The highest BCUT2D eigenvalue weighted by molar-refractivity contribution is 6.29. The van der Waals surface area contributed by atoms with Crippen LogP contribution in [0.1, 0.15) is 32.8 Å². The summed E-state index contributed by atoms with van der Waals surface area (Å²) in [6, 6.07) is 5.48. The second-order valence-corrected chi connectivity index (χ2v) is 6.39. The minimum Gasteiger partial charge on any atom is -0.479 e. The Hall–Kier alpha value is -2.47. The average Bonchev–Trinajstić information content (AvgIpc) is 3.13. The van der Waals surface area contributed by atoms with Gasteiger partial charge in [0.25, 0.3) is 5.91 Å². The van der Waals surface area contributed by atoms with Crippen molar-refractivity contribution in [2.75, 3.05) is 6.79 Å². The van der Waals surface area contributed by atoms with E-state index < -0.39 is 11.9 Å². The third kappa shape index (κ3) is 6.03. The Morgan fingerprint density at radius 2 is 2.11 bits per heavy atom. The maximum absolute atomic E-state index is 13.3. The van der Waals surface area contributed by atoms with Crippen molar-refractivity contribution in [1.82, 2.24) is 5.32 Å². The van der Waals surface area contributed by atoms with Crippen LogP contribution in [0, 0.1) is 0 Å². The third-order valence-electron chi connectivity index (χ3n) is 3.85. The molecule has 1 heterocycles. The fraction of sp³-hybridized carbons (Fsp3) is 0.350. The van der Waals surface area contributed by atoms with E-state index in [0.717, 1.165) is 5.56 Å². The molecule has 0 radical (unpaired) electrons. The van der Waals surface area contributed by atoms with Gasteiger partial charge in [0.15, 0.2) is 17.6 Å². The third-order valence-corrected chi connectivity index (χ3v) is 4.03. The molecule has 0 spiro atoms. The molecule has 1 aliphatic rings. The summed E-state index contributed by atoms with van der Waals surface area (Å²) in [7, 11) is 0. The summed E-state index contributed by atoms with van der Waals surface area (Å²) in [6.45, 7) is 5.53. The maximum Gasteiger partial charge on any atom is 0.261 e. The Kier molecular flexibility index (Phi) is 7.73. The van der Waals surface area contributed by atoms with Crippen LogP contribution >= 0.6 is 11.6 Å². The van der Waals surface area contributed by atoms with E-state index in [9.17, 15) is 9.18 Å². The van der Waals surface area contributed by atoms with Gasteiger partial charge in [0, 0.05) is 6.54 Å². The van der Waals surface area contributed by atoms with Crippen LogP contribution in [-0.4, -0.2) is 18.8 Å². The first kappa shape index (κ1) is 20.8. The van der Waals surface area contributed by atoms with Crippen LogP contribution in [0.4, 0.5) is 4.39 Å². The number of amides is 1. The molecule has 7 heteroatoms. The Morgan fingerprint density at radius 3 is 2.78 bits per heavy atom.